The molecule has 0 atom stereocenters. The lowest BCUT2D eigenvalue weighted by atomic mass is 9.97. The van der Waals surface area contributed by atoms with Crippen molar-refractivity contribution >= 4 is 34.9 Å². The number of primary amides is 1. The molecule has 1 saturated carbocycles. The molecule has 0 aliphatic heterocycles. The van der Waals surface area contributed by atoms with Crippen LogP contribution in [0.15, 0.2) is 6.07 Å². The van der Waals surface area contributed by atoms with Gasteiger partial charge in [0.25, 0.3) is 5.91 Å². The van der Waals surface area contributed by atoms with Crippen LogP contribution in [0.3, 0.4) is 0 Å². The molecule has 5 nitrogen and oxygen atoms in total. The number of hydrogen-bond acceptors (Lipinski definition) is 4. The van der Waals surface area contributed by atoms with Crippen LogP contribution in [0.25, 0.3) is 0 Å². The first-order valence-corrected chi connectivity index (χ1v) is 6.84. The standard InChI is InChI=1S/C6H5Cl2N3O.C6H13N/c7-3-1-2(6(10)12)4(8)11-5(3)9;7-6-4-2-1-3-5-6/h1H,(H2,9,11)(H2,10,12);6H,1-5,7H2. The molecular weight excluding hydrogens is 287 g/mol. The number of nitrogens with two attached hydrogens (primary N) is 3. The maximum absolute atomic E-state index is 10.7. The number of rotatable bonds is 1. The van der Waals surface area contributed by atoms with Gasteiger partial charge in [-0.05, 0) is 18.9 Å². The summed E-state index contributed by atoms with van der Waals surface area (Å²) in [6, 6.07) is 1.82. The number of nitrogens with zero attached hydrogens (tertiary/aromatic N) is 1. The average Bonchev–Trinajstić information content (AvgIpc) is 2.35. The number of carbonyl (C=O) groups is 1. The maximum Gasteiger partial charge on any atom is 0.251 e. The number of carbonyl (C=O) groups excluding carboxylic acids is 1. The number of pyridine rings is 1. The predicted molar refractivity (Wildman–Crippen MR) is 78.2 cm³/mol. The van der Waals surface area contributed by atoms with Gasteiger partial charge >= 0.3 is 0 Å². The Kier molecular flexibility index (Phi) is 6.34. The zero-order valence-corrected chi connectivity index (χ0v) is 12.0. The molecule has 1 heterocycles. The van der Waals surface area contributed by atoms with Crippen molar-refractivity contribution in [2.24, 2.45) is 11.5 Å². The van der Waals surface area contributed by atoms with Crippen LogP contribution in [-0.4, -0.2) is 16.9 Å². The fraction of sp³-hybridized carbons (Fsp3) is 0.500. The number of nitrogen functional groups attached to an aromatic ring is 1. The Morgan fingerprint density at radius 2 is 1.84 bits per heavy atom. The van der Waals surface area contributed by atoms with E-state index in [1.165, 1.54) is 38.2 Å². The molecule has 1 aromatic rings. The van der Waals surface area contributed by atoms with Crippen LogP contribution in [0.1, 0.15) is 42.5 Å². The molecule has 19 heavy (non-hydrogen) atoms. The number of amides is 1. The van der Waals surface area contributed by atoms with E-state index < -0.39 is 5.91 Å². The van der Waals surface area contributed by atoms with E-state index in [1.807, 2.05) is 0 Å². The molecule has 7 heteroatoms. The zero-order chi connectivity index (χ0) is 14.4. The average molecular weight is 305 g/mol. The summed E-state index contributed by atoms with van der Waals surface area (Å²) in [6.07, 6.45) is 6.66. The zero-order valence-electron chi connectivity index (χ0n) is 10.5. The molecule has 1 aliphatic rings. The Labute approximate surface area is 122 Å². The fourth-order valence-electron chi connectivity index (χ4n) is 1.79. The summed E-state index contributed by atoms with van der Waals surface area (Å²) in [5, 5.41) is 0.123. The van der Waals surface area contributed by atoms with Gasteiger partial charge in [0.2, 0.25) is 0 Å². The monoisotopic (exact) mass is 304 g/mol. The van der Waals surface area contributed by atoms with E-state index in [9.17, 15) is 4.79 Å². The highest BCUT2D eigenvalue weighted by Crippen LogP contribution is 2.22. The molecule has 1 amide bonds. The number of halogens is 2. The second kappa shape index (κ2) is 7.53. The van der Waals surface area contributed by atoms with E-state index in [4.69, 9.17) is 40.4 Å². The highest BCUT2D eigenvalue weighted by molar-refractivity contribution is 6.36. The molecule has 1 aromatic heterocycles. The lowest BCUT2D eigenvalue weighted by Crippen LogP contribution is -2.22. The summed E-state index contributed by atoms with van der Waals surface area (Å²) in [6.45, 7) is 0. The second-order valence-electron chi connectivity index (χ2n) is 4.46. The van der Waals surface area contributed by atoms with Gasteiger partial charge < -0.3 is 17.2 Å². The van der Waals surface area contributed by atoms with Gasteiger partial charge in [0.05, 0.1) is 10.6 Å². The van der Waals surface area contributed by atoms with Crippen molar-refractivity contribution in [3.8, 4) is 0 Å². The molecule has 0 saturated heterocycles. The van der Waals surface area contributed by atoms with Crippen LogP contribution >= 0.6 is 23.2 Å². The van der Waals surface area contributed by atoms with Crippen molar-refractivity contribution in [2.45, 2.75) is 38.1 Å². The Morgan fingerprint density at radius 1 is 1.26 bits per heavy atom. The van der Waals surface area contributed by atoms with Crippen LogP contribution < -0.4 is 17.2 Å². The normalized spacial score (nSPS) is 15.5. The molecule has 0 aromatic carbocycles. The minimum atomic E-state index is -0.686. The lowest BCUT2D eigenvalue weighted by Gasteiger charge is -2.15. The van der Waals surface area contributed by atoms with E-state index >= 15 is 0 Å². The lowest BCUT2D eigenvalue weighted by molar-refractivity contribution is 0.1000. The van der Waals surface area contributed by atoms with Gasteiger partial charge in [0.15, 0.2) is 0 Å². The quantitative estimate of drug-likeness (QED) is 0.692. The molecule has 0 unspecified atom stereocenters. The van der Waals surface area contributed by atoms with Crippen LogP contribution in [0, 0.1) is 0 Å². The Bertz CT molecular complexity index is 448. The minimum absolute atomic E-state index is 0.0376. The molecule has 1 fully saturated rings. The Balaban J connectivity index is 0.000000218. The summed E-state index contributed by atoms with van der Waals surface area (Å²) in [4.78, 5) is 14.3. The van der Waals surface area contributed by atoms with Crippen molar-refractivity contribution in [3.63, 3.8) is 0 Å². The van der Waals surface area contributed by atoms with E-state index in [1.54, 1.807) is 0 Å². The number of anilines is 1. The number of aromatic nitrogens is 1. The molecule has 0 spiro atoms. The highest BCUT2D eigenvalue weighted by Gasteiger charge is 2.10. The van der Waals surface area contributed by atoms with Gasteiger partial charge in [-0.1, -0.05) is 42.5 Å². The Hall–Kier alpha value is -1.04. The van der Waals surface area contributed by atoms with E-state index in [2.05, 4.69) is 4.98 Å². The highest BCUT2D eigenvalue weighted by atomic mass is 35.5. The maximum atomic E-state index is 10.7. The molecule has 0 bridgehead atoms. The molecule has 2 rings (SSSR count). The topological polar surface area (TPSA) is 108 Å². The predicted octanol–water partition coefficient (Wildman–Crippen LogP) is 2.35. The third kappa shape index (κ3) is 5.22. The van der Waals surface area contributed by atoms with Crippen molar-refractivity contribution in [2.75, 3.05) is 5.73 Å². The summed E-state index contributed by atoms with van der Waals surface area (Å²) < 4.78 is 0. The van der Waals surface area contributed by atoms with Crippen molar-refractivity contribution in [1.29, 1.82) is 0 Å². The largest absolute Gasteiger partial charge is 0.382 e. The van der Waals surface area contributed by atoms with Gasteiger partial charge in [-0.3, -0.25) is 4.79 Å². The van der Waals surface area contributed by atoms with Gasteiger partial charge in [-0.25, -0.2) is 4.98 Å². The molecule has 106 valence electrons. The third-order valence-corrected chi connectivity index (χ3v) is 3.46. The van der Waals surface area contributed by atoms with Crippen LogP contribution in [-0.2, 0) is 0 Å². The second-order valence-corrected chi connectivity index (χ2v) is 5.22. The van der Waals surface area contributed by atoms with E-state index in [0.717, 1.165) is 0 Å². The summed E-state index contributed by atoms with van der Waals surface area (Å²) in [7, 11) is 0. The van der Waals surface area contributed by atoms with Crippen molar-refractivity contribution in [1.82, 2.24) is 4.98 Å². The first kappa shape index (κ1) is 16.0. The van der Waals surface area contributed by atoms with Crippen molar-refractivity contribution < 1.29 is 4.79 Å². The summed E-state index contributed by atoms with van der Waals surface area (Å²) >= 11 is 11.1. The summed E-state index contributed by atoms with van der Waals surface area (Å²) in [5.74, 6) is -0.610. The number of hydrogen-bond donors (Lipinski definition) is 3. The van der Waals surface area contributed by atoms with Gasteiger partial charge in [-0.15, -0.1) is 0 Å². The van der Waals surface area contributed by atoms with Crippen LogP contribution in [0.5, 0.6) is 0 Å². The van der Waals surface area contributed by atoms with Crippen molar-refractivity contribution in [3.05, 3.63) is 21.8 Å². The molecule has 0 radical (unpaired) electrons. The molecule has 1 aliphatic carbocycles. The van der Waals surface area contributed by atoms with E-state index in [0.29, 0.717) is 6.04 Å². The molecular formula is C12H18Cl2N4O. The first-order chi connectivity index (χ1) is 8.91. The van der Waals surface area contributed by atoms with Crippen LogP contribution in [0.2, 0.25) is 10.2 Å². The first-order valence-electron chi connectivity index (χ1n) is 6.08. The molecule has 6 N–H and O–H groups in total. The van der Waals surface area contributed by atoms with Gasteiger partial charge in [0.1, 0.15) is 11.0 Å². The van der Waals surface area contributed by atoms with Gasteiger partial charge in [-0.2, -0.15) is 0 Å². The fourth-order valence-corrected chi connectivity index (χ4v) is 2.18. The summed E-state index contributed by atoms with van der Waals surface area (Å²) in [5.41, 5.74) is 16.0. The Morgan fingerprint density at radius 3 is 2.26 bits per heavy atom. The SMILES string of the molecule is NC(=O)c1cc(Cl)c(N)nc1Cl.NC1CCCCC1. The van der Waals surface area contributed by atoms with Gasteiger partial charge in [0, 0.05) is 6.04 Å². The third-order valence-electron chi connectivity index (χ3n) is 2.87. The minimum Gasteiger partial charge on any atom is -0.382 e. The van der Waals surface area contributed by atoms with Crippen LogP contribution in [0.4, 0.5) is 5.82 Å². The van der Waals surface area contributed by atoms with E-state index in [-0.39, 0.29) is 21.6 Å². The smallest absolute Gasteiger partial charge is 0.251 e.